The van der Waals surface area contributed by atoms with Crippen LogP contribution in [0.25, 0.3) is 0 Å². The molecule has 1 aromatic rings. The monoisotopic (exact) mass is 286 g/mol. The van der Waals surface area contributed by atoms with Crippen molar-refractivity contribution in [3.05, 3.63) is 35.4 Å². The average Bonchev–Trinajstić information content (AvgIpc) is 2.94. The first-order valence-electron chi connectivity index (χ1n) is 8.39. The lowest BCUT2D eigenvalue weighted by molar-refractivity contribution is -0.136. The van der Waals surface area contributed by atoms with Crippen LogP contribution >= 0.6 is 0 Å². The van der Waals surface area contributed by atoms with Gasteiger partial charge in [-0.3, -0.25) is 4.79 Å². The molecule has 1 atom stereocenters. The van der Waals surface area contributed by atoms with Gasteiger partial charge < -0.3 is 4.74 Å². The van der Waals surface area contributed by atoms with Gasteiger partial charge >= 0.3 is 0 Å². The third-order valence-corrected chi connectivity index (χ3v) is 5.24. The molecular formula is C19H26O2. The van der Waals surface area contributed by atoms with E-state index in [1.54, 1.807) is 0 Å². The Labute approximate surface area is 127 Å². The molecular weight excluding hydrogens is 260 g/mol. The van der Waals surface area contributed by atoms with Crippen molar-refractivity contribution < 1.29 is 9.53 Å². The molecule has 0 radical (unpaired) electrons. The summed E-state index contributed by atoms with van der Waals surface area (Å²) in [7, 11) is 0. The van der Waals surface area contributed by atoms with Crippen LogP contribution in [0.1, 0.15) is 56.1 Å². The van der Waals surface area contributed by atoms with Gasteiger partial charge in [0.1, 0.15) is 5.78 Å². The predicted molar refractivity (Wildman–Crippen MR) is 84.4 cm³/mol. The van der Waals surface area contributed by atoms with Crippen molar-refractivity contribution in [1.82, 2.24) is 0 Å². The lowest BCUT2D eigenvalue weighted by atomic mass is 9.81. The van der Waals surface area contributed by atoms with E-state index in [4.69, 9.17) is 4.74 Å². The molecule has 114 valence electrons. The van der Waals surface area contributed by atoms with Crippen molar-refractivity contribution >= 4 is 5.78 Å². The lowest BCUT2D eigenvalue weighted by Crippen LogP contribution is -2.39. The number of ether oxygens (including phenoxy) is 1. The number of ketones is 1. The Bertz CT molecular complexity index is 483. The normalized spacial score (nSPS) is 24.3. The quantitative estimate of drug-likeness (QED) is 0.827. The Morgan fingerprint density at radius 1 is 1.24 bits per heavy atom. The summed E-state index contributed by atoms with van der Waals surface area (Å²) in [6, 6.07) is 8.54. The third-order valence-electron chi connectivity index (χ3n) is 5.24. The van der Waals surface area contributed by atoms with Gasteiger partial charge in [-0.2, -0.15) is 0 Å². The standard InChI is InChI=1S/C19H26O2/c1-15-4-6-16(7-5-15)8-9-18(20)17-10-13-21-19(14-17)11-2-3-12-19/h4-7,17H,2-3,8-14H2,1H3. The van der Waals surface area contributed by atoms with Crippen LogP contribution in [0.4, 0.5) is 0 Å². The summed E-state index contributed by atoms with van der Waals surface area (Å²) in [5, 5.41) is 0. The van der Waals surface area contributed by atoms with E-state index in [0.717, 1.165) is 38.7 Å². The predicted octanol–water partition coefficient (Wildman–Crippen LogP) is 4.24. The number of aryl methyl sites for hydroxylation is 2. The summed E-state index contributed by atoms with van der Waals surface area (Å²) in [4.78, 5) is 12.5. The third kappa shape index (κ3) is 3.55. The summed E-state index contributed by atoms with van der Waals surface area (Å²) >= 11 is 0. The number of benzene rings is 1. The number of Topliss-reactive ketones (excluding diaryl/α,β-unsaturated/α-hetero) is 1. The van der Waals surface area contributed by atoms with Gasteiger partial charge in [-0.25, -0.2) is 0 Å². The highest BCUT2D eigenvalue weighted by atomic mass is 16.5. The van der Waals surface area contributed by atoms with Gasteiger partial charge in [0.05, 0.1) is 5.60 Å². The van der Waals surface area contributed by atoms with Gasteiger partial charge in [-0.15, -0.1) is 0 Å². The van der Waals surface area contributed by atoms with E-state index in [1.165, 1.54) is 24.0 Å². The van der Waals surface area contributed by atoms with Crippen LogP contribution in [-0.4, -0.2) is 18.0 Å². The van der Waals surface area contributed by atoms with E-state index in [9.17, 15) is 4.79 Å². The molecule has 1 spiro atoms. The van der Waals surface area contributed by atoms with Gasteiger partial charge in [0, 0.05) is 18.9 Å². The van der Waals surface area contributed by atoms with E-state index in [1.807, 2.05) is 0 Å². The topological polar surface area (TPSA) is 26.3 Å². The lowest BCUT2D eigenvalue weighted by Gasteiger charge is -2.37. The van der Waals surface area contributed by atoms with Crippen LogP contribution < -0.4 is 0 Å². The summed E-state index contributed by atoms with van der Waals surface area (Å²) < 4.78 is 6.03. The minimum atomic E-state index is 0.0580. The zero-order valence-corrected chi connectivity index (χ0v) is 13.1. The fourth-order valence-electron chi connectivity index (χ4n) is 3.90. The van der Waals surface area contributed by atoms with E-state index >= 15 is 0 Å². The molecule has 1 aliphatic carbocycles. The molecule has 0 aromatic heterocycles. The van der Waals surface area contributed by atoms with Crippen LogP contribution in [0, 0.1) is 12.8 Å². The SMILES string of the molecule is Cc1ccc(CCC(=O)C2CCOC3(CCCC3)C2)cc1. The van der Waals surface area contributed by atoms with E-state index in [0.29, 0.717) is 12.2 Å². The molecule has 1 saturated carbocycles. The Morgan fingerprint density at radius 2 is 1.95 bits per heavy atom. The summed E-state index contributed by atoms with van der Waals surface area (Å²) in [5.41, 5.74) is 2.61. The Kier molecular flexibility index (Phi) is 4.44. The Morgan fingerprint density at radius 3 is 2.67 bits per heavy atom. The second-order valence-electron chi connectivity index (χ2n) is 6.88. The highest BCUT2D eigenvalue weighted by Crippen LogP contribution is 2.42. The highest BCUT2D eigenvalue weighted by molar-refractivity contribution is 5.81. The molecule has 1 aromatic carbocycles. The van der Waals surface area contributed by atoms with Gasteiger partial charge in [0.25, 0.3) is 0 Å². The second-order valence-corrected chi connectivity index (χ2v) is 6.88. The zero-order chi connectivity index (χ0) is 14.7. The van der Waals surface area contributed by atoms with Gasteiger partial charge in [-0.1, -0.05) is 42.7 Å². The van der Waals surface area contributed by atoms with Crippen molar-refractivity contribution in [2.24, 2.45) is 5.92 Å². The van der Waals surface area contributed by atoms with E-state index in [2.05, 4.69) is 31.2 Å². The van der Waals surface area contributed by atoms with Crippen molar-refractivity contribution in [3.8, 4) is 0 Å². The number of carbonyl (C=O) groups excluding carboxylic acids is 1. The largest absolute Gasteiger partial charge is 0.375 e. The molecule has 2 aliphatic rings. The molecule has 0 bridgehead atoms. The molecule has 2 fully saturated rings. The van der Waals surface area contributed by atoms with Gasteiger partial charge in [-0.05, 0) is 44.6 Å². The van der Waals surface area contributed by atoms with Gasteiger partial charge in [0.2, 0.25) is 0 Å². The molecule has 1 heterocycles. The first-order chi connectivity index (χ1) is 10.2. The smallest absolute Gasteiger partial charge is 0.136 e. The zero-order valence-electron chi connectivity index (χ0n) is 13.1. The maximum absolute atomic E-state index is 12.5. The first-order valence-corrected chi connectivity index (χ1v) is 8.39. The van der Waals surface area contributed by atoms with Crippen molar-refractivity contribution in [3.63, 3.8) is 0 Å². The van der Waals surface area contributed by atoms with Crippen molar-refractivity contribution in [1.29, 1.82) is 0 Å². The number of rotatable bonds is 4. The number of carbonyl (C=O) groups is 1. The van der Waals surface area contributed by atoms with Gasteiger partial charge in [0.15, 0.2) is 0 Å². The molecule has 21 heavy (non-hydrogen) atoms. The van der Waals surface area contributed by atoms with Crippen LogP contribution in [0.2, 0.25) is 0 Å². The first kappa shape index (κ1) is 14.8. The highest BCUT2D eigenvalue weighted by Gasteiger charge is 2.41. The minimum absolute atomic E-state index is 0.0580. The Hall–Kier alpha value is -1.15. The maximum Gasteiger partial charge on any atom is 0.136 e. The molecule has 1 aliphatic heterocycles. The molecule has 0 N–H and O–H groups in total. The molecule has 2 heteroatoms. The molecule has 3 rings (SSSR count). The van der Waals surface area contributed by atoms with Crippen LogP contribution in [0.15, 0.2) is 24.3 Å². The van der Waals surface area contributed by atoms with Crippen molar-refractivity contribution in [2.75, 3.05) is 6.61 Å². The summed E-state index contributed by atoms with van der Waals surface area (Å²) in [5.74, 6) is 0.687. The summed E-state index contributed by atoms with van der Waals surface area (Å²) in [6.07, 6.45) is 8.32. The van der Waals surface area contributed by atoms with Crippen LogP contribution in [-0.2, 0) is 16.0 Å². The maximum atomic E-state index is 12.5. The number of hydrogen-bond donors (Lipinski definition) is 0. The second kappa shape index (κ2) is 6.31. The van der Waals surface area contributed by atoms with E-state index in [-0.39, 0.29) is 11.5 Å². The molecule has 1 saturated heterocycles. The average molecular weight is 286 g/mol. The van der Waals surface area contributed by atoms with Crippen LogP contribution in [0.3, 0.4) is 0 Å². The van der Waals surface area contributed by atoms with E-state index < -0.39 is 0 Å². The number of hydrogen-bond acceptors (Lipinski definition) is 2. The fraction of sp³-hybridized carbons (Fsp3) is 0.632. The van der Waals surface area contributed by atoms with Crippen molar-refractivity contribution in [2.45, 2.75) is 63.9 Å². The fourth-order valence-corrected chi connectivity index (χ4v) is 3.90. The molecule has 1 unspecified atom stereocenters. The molecule has 0 amide bonds. The minimum Gasteiger partial charge on any atom is -0.375 e. The van der Waals surface area contributed by atoms with Crippen LogP contribution in [0.5, 0.6) is 0 Å². The summed E-state index contributed by atoms with van der Waals surface area (Å²) in [6.45, 7) is 2.87. The Balaban J connectivity index is 1.54. The molecule has 2 nitrogen and oxygen atoms in total.